The van der Waals surface area contributed by atoms with Crippen molar-refractivity contribution in [3.05, 3.63) is 52.8 Å². The van der Waals surface area contributed by atoms with Crippen molar-refractivity contribution in [2.75, 3.05) is 5.73 Å². The van der Waals surface area contributed by atoms with Gasteiger partial charge in [0, 0.05) is 5.69 Å². The zero-order valence-corrected chi connectivity index (χ0v) is 9.55. The van der Waals surface area contributed by atoms with Crippen molar-refractivity contribution in [1.82, 2.24) is 0 Å². The molecule has 0 amide bonds. The number of hydrogen-bond donors (Lipinski definition) is 1. The molecular weight excluding hydrogens is 225 g/mol. The Morgan fingerprint density at radius 2 is 1.81 bits per heavy atom. The van der Waals surface area contributed by atoms with Gasteiger partial charge in [-0.15, -0.1) is 0 Å². The summed E-state index contributed by atoms with van der Waals surface area (Å²) in [6.45, 7) is 1.96. The second-order valence-corrected chi connectivity index (χ2v) is 4.17. The summed E-state index contributed by atoms with van der Waals surface area (Å²) in [5.74, 6) is -0.411. The molecule has 0 aliphatic heterocycles. The first kappa shape index (κ1) is 11.0. The largest absolute Gasteiger partial charge is 0.399 e. The van der Waals surface area contributed by atoms with E-state index in [2.05, 4.69) is 0 Å². The Kier molecular flexibility index (Phi) is 2.84. The Hall–Kier alpha value is -1.54. The van der Waals surface area contributed by atoms with Gasteiger partial charge in [0.05, 0.1) is 5.02 Å². The summed E-state index contributed by atoms with van der Waals surface area (Å²) in [6.07, 6.45) is 0. The summed E-state index contributed by atoms with van der Waals surface area (Å²) in [7, 11) is 0. The predicted octanol–water partition coefficient (Wildman–Crippen LogP) is 4.04. The zero-order valence-electron chi connectivity index (χ0n) is 8.80. The van der Waals surface area contributed by atoms with Crippen LogP contribution in [-0.2, 0) is 0 Å². The molecule has 2 aromatic rings. The van der Waals surface area contributed by atoms with E-state index < -0.39 is 5.82 Å². The molecule has 0 aliphatic carbocycles. The summed E-state index contributed by atoms with van der Waals surface area (Å²) >= 11 is 5.74. The van der Waals surface area contributed by atoms with Crippen LogP contribution < -0.4 is 5.73 Å². The maximum atomic E-state index is 13.0. The highest BCUT2D eigenvalue weighted by Gasteiger charge is 2.04. The molecule has 0 heterocycles. The highest BCUT2D eigenvalue weighted by molar-refractivity contribution is 6.31. The lowest BCUT2D eigenvalue weighted by atomic mass is 10.0. The molecule has 82 valence electrons. The molecule has 2 aromatic carbocycles. The van der Waals surface area contributed by atoms with Crippen molar-refractivity contribution in [2.24, 2.45) is 0 Å². The molecule has 0 aromatic heterocycles. The second kappa shape index (κ2) is 4.14. The van der Waals surface area contributed by atoms with Gasteiger partial charge in [-0.05, 0) is 47.9 Å². The molecule has 0 bridgehead atoms. The van der Waals surface area contributed by atoms with Gasteiger partial charge in [-0.2, -0.15) is 0 Å². The Morgan fingerprint density at radius 1 is 1.06 bits per heavy atom. The lowest BCUT2D eigenvalue weighted by Crippen LogP contribution is -1.88. The first-order valence-corrected chi connectivity index (χ1v) is 5.26. The summed E-state index contributed by atoms with van der Waals surface area (Å²) in [5.41, 5.74) is 9.32. The summed E-state index contributed by atoms with van der Waals surface area (Å²) in [6, 6.07) is 10.4. The van der Waals surface area contributed by atoms with Crippen LogP contribution >= 0.6 is 11.6 Å². The first-order chi connectivity index (χ1) is 7.56. The molecule has 0 aliphatic rings. The molecule has 0 saturated carbocycles. The number of nitrogens with two attached hydrogens (primary N) is 1. The number of benzene rings is 2. The van der Waals surface area contributed by atoms with E-state index in [0.29, 0.717) is 5.69 Å². The molecule has 16 heavy (non-hydrogen) atoms. The zero-order chi connectivity index (χ0) is 11.7. The summed E-state index contributed by atoms with van der Waals surface area (Å²) < 4.78 is 13.0. The molecule has 2 N–H and O–H groups in total. The van der Waals surface area contributed by atoms with Gasteiger partial charge in [0.25, 0.3) is 0 Å². The number of nitrogen functional groups attached to an aromatic ring is 1. The van der Waals surface area contributed by atoms with Crippen molar-refractivity contribution in [3.8, 4) is 11.1 Å². The van der Waals surface area contributed by atoms with Crippen LogP contribution in [0.25, 0.3) is 11.1 Å². The van der Waals surface area contributed by atoms with Crippen LogP contribution in [0.3, 0.4) is 0 Å². The van der Waals surface area contributed by atoms with Crippen molar-refractivity contribution < 1.29 is 4.39 Å². The molecule has 0 unspecified atom stereocenters. The lowest BCUT2D eigenvalue weighted by Gasteiger charge is -2.06. The highest BCUT2D eigenvalue weighted by atomic mass is 35.5. The maximum absolute atomic E-state index is 13.0. The van der Waals surface area contributed by atoms with Gasteiger partial charge < -0.3 is 5.73 Å². The van der Waals surface area contributed by atoms with Crippen LogP contribution in [0.4, 0.5) is 10.1 Å². The van der Waals surface area contributed by atoms with E-state index >= 15 is 0 Å². The normalized spacial score (nSPS) is 10.4. The van der Waals surface area contributed by atoms with Crippen LogP contribution in [0, 0.1) is 12.7 Å². The number of anilines is 1. The van der Waals surface area contributed by atoms with Crippen LogP contribution in [-0.4, -0.2) is 0 Å². The number of aryl methyl sites for hydroxylation is 1. The number of halogens is 2. The minimum atomic E-state index is -0.411. The molecule has 1 nitrogen and oxygen atoms in total. The maximum Gasteiger partial charge on any atom is 0.141 e. The van der Waals surface area contributed by atoms with E-state index in [9.17, 15) is 4.39 Å². The first-order valence-electron chi connectivity index (χ1n) is 4.89. The van der Waals surface area contributed by atoms with Crippen molar-refractivity contribution >= 4 is 17.3 Å². The molecule has 0 fully saturated rings. The van der Waals surface area contributed by atoms with Gasteiger partial charge in [-0.25, -0.2) is 4.39 Å². The van der Waals surface area contributed by atoms with Crippen LogP contribution in [0.15, 0.2) is 36.4 Å². The quantitative estimate of drug-likeness (QED) is 0.742. The van der Waals surface area contributed by atoms with Crippen molar-refractivity contribution in [1.29, 1.82) is 0 Å². The summed E-state index contributed by atoms with van der Waals surface area (Å²) in [4.78, 5) is 0. The van der Waals surface area contributed by atoms with Gasteiger partial charge in [-0.3, -0.25) is 0 Å². The average Bonchev–Trinajstić information content (AvgIpc) is 2.20. The standard InChI is InChI=1S/C13H11ClFN/c1-8-4-10(6-11(16)5-8)9-2-3-13(15)12(14)7-9/h2-7H,16H2,1H3. The minimum Gasteiger partial charge on any atom is -0.399 e. The van der Waals surface area contributed by atoms with Crippen LogP contribution in [0.2, 0.25) is 5.02 Å². The van der Waals surface area contributed by atoms with E-state index in [-0.39, 0.29) is 5.02 Å². The Labute approximate surface area is 98.7 Å². The van der Waals surface area contributed by atoms with Crippen LogP contribution in [0.5, 0.6) is 0 Å². The topological polar surface area (TPSA) is 26.0 Å². The van der Waals surface area contributed by atoms with Gasteiger partial charge in [0.2, 0.25) is 0 Å². The third-order valence-corrected chi connectivity index (χ3v) is 2.64. The fourth-order valence-electron chi connectivity index (χ4n) is 1.66. The van der Waals surface area contributed by atoms with E-state index in [0.717, 1.165) is 16.7 Å². The van der Waals surface area contributed by atoms with Crippen LogP contribution in [0.1, 0.15) is 5.56 Å². The fourth-order valence-corrected chi connectivity index (χ4v) is 1.84. The molecule has 0 spiro atoms. The highest BCUT2D eigenvalue weighted by Crippen LogP contribution is 2.27. The smallest absolute Gasteiger partial charge is 0.141 e. The molecular formula is C13H11ClFN. The molecule has 0 atom stereocenters. The van der Waals surface area contributed by atoms with Crippen molar-refractivity contribution in [3.63, 3.8) is 0 Å². The van der Waals surface area contributed by atoms with E-state index in [4.69, 9.17) is 17.3 Å². The Balaban J connectivity index is 2.54. The summed E-state index contributed by atoms with van der Waals surface area (Å²) in [5, 5.41) is 0.123. The van der Waals surface area contributed by atoms with E-state index in [1.165, 1.54) is 6.07 Å². The third-order valence-electron chi connectivity index (χ3n) is 2.35. The van der Waals surface area contributed by atoms with E-state index in [1.54, 1.807) is 12.1 Å². The third kappa shape index (κ3) is 2.17. The van der Waals surface area contributed by atoms with Gasteiger partial charge in [0.15, 0.2) is 0 Å². The SMILES string of the molecule is Cc1cc(N)cc(-c2ccc(F)c(Cl)c2)c1. The predicted molar refractivity (Wildman–Crippen MR) is 66.0 cm³/mol. The Morgan fingerprint density at radius 3 is 2.44 bits per heavy atom. The second-order valence-electron chi connectivity index (χ2n) is 3.76. The molecule has 2 rings (SSSR count). The minimum absolute atomic E-state index is 0.123. The lowest BCUT2D eigenvalue weighted by molar-refractivity contribution is 0.628. The molecule has 3 heteroatoms. The van der Waals surface area contributed by atoms with Gasteiger partial charge in [-0.1, -0.05) is 23.7 Å². The molecule has 0 radical (unpaired) electrons. The molecule has 0 saturated heterocycles. The fraction of sp³-hybridized carbons (Fsp3) is 0.0769. The van der Waals surface area contributed by atoms with Crippen molar-refractivity contribution in [2.45, 2.75) is 6.92 Å². The Bertz CT molecular complexity index is 517. The monoisotopic (exact) mass is 235 g/mol. The average molecular weight is 236 g/mol. The van der Waals surface area contributed by atoms with Gasteiger partial charge in [0.1, 0.15) is 5.82 Å². The van der Waals surface area contributed by atoms with Gasteiger partial charge >= 0.3 is 0 Å². The van der Waals surface area contributed by atoms with E-state index in [1.807, 2.05) is 25.1 Å². The number of hydrogen-bond acceptors (Lipinski definition) is 1. The number of rotatable bonds is 1.